The van der Waals surface area contributed by atoms with Crippen molar-refractivity contribution < 1.29 is 19.4 Å². The van der Waals surface area contributed by atoms with Crippen molar-refractivity contribution in [1.82, 2.24) is 4.90 Å². The third kappa shape index (κ3) is 5.10. The second kappa shape index (κ2) is 10.6. The SMILES string of the molecule is COc1ccc(C(OCCN2CCCC(C(=O)O)C2)(c2ccccc2)c2ccccc2)cc1. The maximum absolute atomic E-state index is 11.5. The first kappa shape index (κ1) is 23.0. The Morgan fingerprint density at radius 2 is 1.52 bits per heavy atom. The van der Waals surface area contributed by atoms with Crippen molar-refractivity contribution in [3.8, 4) is 5.75 Å². The van der Waals surface area contributed by atoms with E-state index < -0.39 is 11.6 Å². The molecule has 1 aliphatic heterocycles. The summed E-state index contributed by atoms with van der Waals surface area (Å²) in [5.41, 5.74) is 2.31. The molecule has 0 saturated carbocycles. The summed E-state index contributed by atoms with van der Waals surface area (Å²) < 4.78 is 12.2. The molecule has 3 aromatic carbocycles. The van der Waals surface area contributed by atoms with Crippen LogP contribution in [0.4, 0.5) is 0 Å². The third-order valence-corrected chi connectivity index (χ3v) is 6.44. The number of carbonyl (C=O) groups is 1. The molecule has 5 heteroatoms. The van der Waals surface area contributed by atoms with Crippen LogP contribution >= 0.6 is 0 Å². The summed E-state index contributed by atoms with van der Waals surface area (Å²) in [6, 6.07) is 28.5. The molecule has 0 spiro atoms. The summed E-state index contributed by atoms with van der Waals surface area (Å²) in [6.07, 6.45) is 1.65. The lowest BCUT2D eigenvalue weighted by Gasteiger charge is -2.37. The van der Waals surface area contributed by atoms with Crippen LogP contribution in [-0.2, 0) is 15.1 Å². The van der Waals surface area contributed by atoms with Gasteiger partial charge in [0.05, 0.1) is 19.6 Å². The number of likely N-dealkylation sites (tertiary alicyclic amines) is 1. The zero-order valence-corrected chi connectivity index (χ0v) is 19.0. The van der Waals surface area contributed by atoms with Crippen molar-refractivity contribution in [2.24, 2.45) is 5.92 Å². The van der Waals surface area contributed by atoms with E-state index in [1.807, 2.05) is 48.5 Å². The fraction of sp³-hybridized carbons (Fsp3) is 0.321. The van der Waals surface area contributed by atoms with Gasteiger partial charge in [-0.1, -0.05) is 72.8 Å². The van der Waals surface area contributed by atoms with Gasteiger partial charge in [0.1, 0.15) is 11.4 Å². The van der Waals surface area contributed by atoms with Gasteiger partial charge < -0.3 is 19.5 Å². The number of carboxylic acids is 1. The molecule has 0 aliphatic carbocycles. The highest BCUT2D eigenvalue weighted by Gasteiger charge is 2.38. The Morgan fingerprint density at radius 1 is 0.939 bits per heavy atom. The first-order chi connectivity index (χ1) is 16.1. The minimum Gasteiger partial charge on any atom is -0.497 e. The highest BCUT2D eigenvalue weighted by molar-refractivity contribution is 5.70. The van der Waals surface area contributed by atoms with E-state index in [0.717, 1.165) is 41.8 Å². The van der Waals surface area contributed by atoms with Gasteiger partial charge in [-0.2, -0.15) is 0 Å². The van der Waals surface area contributed by atoms with E-state index in [-0.39, 0.29) is 5.92 Å². The van der Waals surface area contributed by atoms with E-state index in [0.29, 0.717) is 19.7 Å². The van der Waals surface area contributed by atoms with Crippen LogP contribution in [0.5, 0.6) is 5.75 Å². The van der Waals surface area contributed by atoms with Crippen LogP contribution in [0.3, 0.4) is 0 Å². The van der Waals surface area contributed by atoms with Gasteiger partial charge in [-0.05, 0) is 48.2 Å². The van der Waals surface area contributed by atoms with Gasteiger partial charge >= 0.3 is 5.97 Å². The Morgan fingerprint density at radius 3 is 2.06 bits per heavy atom. The van der Waals surface area contributed by atoms with E-state index in [1.54, 1.807) is 7.11 Å². The maximum atomic E-state index is 11.5. The van der Waals surface area contributed by atoms with E-state index in [4.69, 9.17) is 9.47 Å². The number of ether oxygens (including phenoxy) is 2. The molecule has 0 bridgehead atoms. The number of methoxy groups -OCH3 is 1. The summed E-state index contributed by atoms with van der Waals surface area (Å²) in [4.78, 5) is 13.7. The molecule has 0 aromatic heterocycles. The number of hydrogen-bond donors (Lipinski definition) is 1. The van der Waals surface area contributed by atoms with Crippen molar-refractivity contribution in [3.63, 3.8) is 0 Å². The van der Waals surface area contributed by atoms with Crippen LogP contribution in [0.1, 0.15) is 29.5 Å². The molecule has 5 nitrogen and oxygen atoms in total. The molecular formula is C28H31NO4. The number of piperidine rings is 1. The minimum absolute atomic E-state index is 0.298. The molecule has 1 aliphatic rings. The van der Waals surface area contributed by atoms with E-state index in [9.17, 15) is 9.90 Å². The molecule has 0 amide bonds. The highest BCUT2D eigenvalue weighted by atomic mass is 16.5. The fourth-order valence-corrected chi connectivity index (χ4v) is 4.71. The van der Waals surface area contributed by atoms with Gasteiger partial charge in [-0.3, -0.25) is 4.79 Å². The average molecular weight is 446 g/mol. The molecule has 3 aromatic rings. The molecular weight excluding hydrogens is 414 g/mol. The predicted octanol–water partition coefficient (Wildman–Crippen LogP) is 4.80. The third-order valence-electron chi connectivity index (χ3n) is 6.44. The fourth-order valence-electron chi connectivity index (χ4n) is 4.71. The first-order valence-electron chi connectivity index (χ1n) is 11.5. The molecule has 0 radical (unpaired) electrons. The Balaban J connectivity index is 1.68. The Kier molecular flexibility index (Phi) is 7.43. The summed E-state index contributed by atoms with van der Waals surface area (Å²) in [6.45, 7) is 2.63. The van der Waals surface area contributed by atoms with Crippen LogP contribution in [0.15, 0.2) is 84.9 Å². The molecule has 1 N–H and O–H groups in total. The van der Waals surface area contributed by atoms with Crippen molar-refractivity contribution in [1.29, 1.82) is 0 Å². The number of rotatable bonds is 9. The van der Waals surface area contributed by atoms with Gasteiger partial charge in [0, 0.05) is 13.1 Å². The van der Waals surface area contributed by atoms with Crippen molar-refractivity contribution >= 4 is 5.97 Å². The van der Waals surface area contributed by atoms with E-state index in [2.05, 4.69) is 41.3 Å². The van der Waals surface area contributed by atoms with E-state index >= 15 is 0 Å². The summed E-state index contributed by atoms with van der Waals surface area (Å²) in [5.74, 6) is -0.211. The van der Waals surface area contributed by atoms with Crippen LogP contribution < -0.4 is 4.74 Å². The molecule has 1 atom stereocenters. The Bertz CT molecular complexity index is 981. The van der Waals surface area contributed by atoms with Gasteiger partial charge in [0.25, 0.3) is 0 Å². The highest BCUT2D eigenvalue weighted by Crippen LogP contribution is 2.41. The first-order valence-corrected chi connectivity index (χ1v) is 11.5. The predicted molar refractivity (Wildman–Crippen MR) is 129 cm³/mol. The number of carboxylic acid groups (broad SMARTS) is 1. The maximum Gasteiger partial charge on any atom is 0.307 e. The lowest BCUT2D eigenvalue weighted by Crippen LogP contribution is -2.42. The van der Waals surface area contributed by atoms with Crippen molar-refractivity contribution in [2.75, 3.05) is 33.4 Å². The van der Waals surface area contributed by atoms with E-state index in [1.165, 1.54) is 0 Å². The lowest BCUT2D eigenvalue weighted by atomic mass is 9.80. The number of hydrogen-bond acceptors (Lipinski definition) is 4. The number of aliphatic carboxylic acids is 1. The van der Waals surface area contributed by atoms with Crippen LogP contribution in [0.25, 0.3) is 0 Å². The summed E-state index contributed by atoms with van der Waals surface area (Å²) in [5, 5.41) is 9.43. The number of benzene rings is 3. The second-order valence-corrected chi connectivity index (χ2v) is 8.47. The zero-order chi connectivity index (χ0) is 23.1. The van der Waals surface area contributed by atoms with Gasteiger partial charge in [-0.25, -0.2) is 0 Å². The van der Waals surface area contributed by atoms with Gasteiger partial charge in [0.2, 0.25) is 0 Å². The average Bonchev–Trinajstić information content (AvgIpc) is 2.88. The standard InChI is InChI=1S/C28H31NO4/c1-32-26-16-14-25(15-17-26)28(23-10-4-2-5-11-23,24-12-6-3-7-13-24)33-20-19-29-18-8-9-22(21-29)27(30)31/h2-7,10-17,22H,8-9,18-21H2,1H3,(H,30,31). The smallest absolute Gasteiger partial charge is 0.307 e. The second-order valence-electron chi connectivity index (χ2n) is 8.47. The largest absolute Gasteiger partial charge is 0.497 e. The minimum atomic E-state index is -0.795. The normalized spacial score (nSPS) is 16.9. The summed E-state index contributed by atoms with van der Waals surface area (Å²) >= 11 is 0. The topological polar surface area (TPSA) is 59.0 Å². The molecule has 4 rings (SSSR count). The Hall–Kier alpha value is -3.15. The monoisotopic (exact) mass is 445 g/mol. The molecule has 1 saturated heterocycles. The molecule has 172 valence electrons. The summed E-state index contributed by atoms with van der Waals surface area (Å²) in [7, 11) is 1.66. The molecule has 1 fully saturated rings. The van der Waals surface area contributed by atoms with Crippen LogP contribution in [0, 0.1) is 5.92 Å². The zero-order valence-electron chi connectivity index (χ0n) is 19.0. The van der Waals surface area contributed by atoms with Gasteiger partial charge in [0.15, 0.2) is 0 Å². The van der Waals surface area contributed by atoms with Crippen LogP contribution in [-0.4, -0.2) is 49.3 Å². The van der Waals surface area contributed by atoms with Crippen molar-refractivity contribution in [3.05, 3.63) is 102 Å². The van der Waals surface area contributed by atoms with Crippen LogP contribution in [0.2, 0.25) is 0 Å². The van der Waals surface area contributed by atoms with Crippen molar-refractivity contribution in [2.45, 2.75) is 18.4 Å². The molecule has 1 heterocycles. The lowest BCUT2D eigenvalue weighted by molar-refractivity contribution is -0.143. The molecule has 1 unspecified atom stereocenters. The number of nitrogens with zero attached hydrogens (tertiary/aromatic N) is 1. The molecule has 33 heavy (non-hydrogen) atoms. The van der Waals surface area contributed by atoms with Gasteiger partial charge in [-0.15, -0.1) is 0 Å². The Labute approximate surface area is 195 Å². The quantitative estimate of drug-likeness (QED) is 0.480.